The Bertz CT molecular complexity index is 165. The highest BCUT2D eigenvalue weighted by molar-refractivity contribution is 6.31. The van der Waals surface area contributed by atoms with Crippen LogP contribution < -0.4 is 4.98 Å². The minimum absolute atomic E-state index is 0.106. The van der Waals surface area contributed by atoms with E-state index in [1.165, 1.54) is 115 Å². The summed E-state index contributed by atoms with van der Waals surface area (Å²) in [5.41, 5.74) is 0. The van der Waals surface area contributed by atoms with Crippen LogP contribution >= 0.6 is 0 Å². The molecular weight excluding hydrogens is 282 g/mol. The molecule has 0 aliphatic carbocycles. The monoisotopic (exact) mass is 327 g/mol. The van der Waals surface area contributed by atoms with Gasteiger partial charge in [-0.05, 0) is 13.0 Å². The zero-order chi connectivity index (χ0) is 16.1. The zero-order valence-electron chi connectivity index (χ0n) is 15.9. The summed E-state index contributed by atoms with van der Waals surface area (Å²) in [5.74, 6) is 0. The van der Waals surface area contributed by atoms with Crippen molar-refractivity contribution >= 4 is 9.68 Å². The second-order valence-electron chi connectivity index (χ2n) is 7.05. The van der Waals surface area contributed by atoms with Crippen LogP contribution in [0.25, 0.3) is 0 Å². The van der Waals surface area contributed by atoms with Gasteiger partial charge >= 0.3 is 0 Å². The second-order valence-corrected chi connectivity index (χ2v) is 9.05. The molecule has 22 heavy (non-hydrogen) atoms. The molecule has 0 aliphatic rings. The third kappa shape index (κ3) is 20.2. The lowest BCUT2D eigenvalue weighted by atomic mass is 10.0. The van der Waals surface area contributed by atoms with Crippen LogP contribution in [0, 0.1) is 0 Å². The summed E-state index contributed by atoms with van der Waals surface area (Å²) < 4.78 is 0. The fraction of sp³-hybridized carbons (Fsp3) is 1.00. The van der Waals surface area contributed by atoms with Crippen LogP contribution in [-0.4, -0.2) is 16.2 Å². The normalized spacial score (nSPS) is 11.7. The van der Waals surface area contributed by atoms with Gasteiger partial charge < -0.3 is 4.98 Å². The van der Waals surface area contributed by atoms with Crippen LogP contribution in [0.2, 0.25) is 6.04 Å². The smallest absolute Gasteiger partial charge is 0.0913 e. The van der Waals surface area contributed by atoms with Crippen LogP contribution in [0.15, 0.2) is 0 Å². The van der Waals surface area contributed by atoms with Crippen LogP contribution in [0.3, 0.4) is 0 Å². The van der Waals surface area contributed by atoms with Crippen molar-refractivity contribution in [1.29, 1.82) is 0 Å². The molecule has 0 aromatic rings. The van der Waals surface area contributed by atoms with Crippen molar-refractivity contribution in [3.05, 3.63) is 0 Å². The summed E-state index contributed by atoms with van der Waals surface area (Å²) in [4.78, 5) is 3.62. The fourth-order valence-electron chi connectivity index (χ4n) is 3.10. The molecule has 0 rings (SSSR count). The van der Waals surface area contributed by atoms with E-state index in [0.29, 0.717) is 0 Å². The summed E-state index contributed by atoms with van der Waals surface area (Å²) >= 11 is 0. The molecule has 1 N–H and O–H groups in total. The lowest BCUT2D eigenvalue weighted by molar-refractivity contribution is 0.529. The van der Waals surface area contributed by atoms with E-state index in [1.54, 1.807) is 0 Å². The zero-order valence-corrected chi connectivity index (χ0v) is 17.3. The molecule has 0 saturated carbocycles. The number of hydrogen-bond acceptors (Lipinski definition) is 1. The van der Waals surface area contributed by atoms with Gasteiger partial charge in [-0.3, -0.25) is 0 Å². The topological polar surface area (TPSA) is 12.0 Å². The number of unbranched alkanes of at least 4 members (excludes halogenated alkanes) is 15. The number of hydrogen-bond donors (Lipinski definition) is 1. The third-order valence-electron chi connectivity index (χ3n) is 4.63. The SMILES string of the molecule is CCCCCCCCCCCCCCCCCCN[SiH2]CC. The first kappa shape index (κ1) is 22.2. The van der Waals surface area contributed by atoms with Crippen LogP contribution in [0.5, 0.6) is 0 Å². The van der Waals surface area contributed by atoms with E-state index in [-0.39, 0.29) is 9.68 Å². The van der Waals surface area contributed by atoms with E-state index in [9.17, 15) is 0 Å². The average Bonchev–Trinajstić information content (AvgIpc) is 2.54. The molecule has 2 heteroatoms. The number of rotatable bonds is 19. The molecule has 0 aromatic carbocycles. The maximum atomic E-state index is 3.62. The predicted molar refractivity (Wildman–Crippen MR) is 107 cm³/mol. The fourth-order valence-corrected chi connectivity index (χ4v) is 3.95. The first-order valence-corrected chi connectivity index (χ1v) is 12.3. The van der Waals surface area contributed by atoms with Crippen molar-refractivity contribution in [3.8, 4) is 0 Å². The van der Waals surface area contributed by atoms with E-state index in [1.807, 2.05) is 0 Å². The minimum atomic E-state index is 0.106. The first-order chi connectivity index (χ1) is 10.9. The van der Waals surface area contributed by atoms with Crippen molar-refractivity contribution in [2.45, 2.75) is 123 Å². The molecule has 0 saturated heterocycles. The van der Waals surface area contributed by atoms with E-state index in [4.69, 9.17) is 0 Å². The van der Waals surface area contributed by atoms with Crippen LogP contribution in [0.4, 0.5) is 0 Å². The molecule has 0 fully saturated rings. The Labute approximate surface area is 144 Å². The molecule has 0 amide bonds. The van der Waals surface area contributed by atoms with E-state index < -0.39 is 0 Å². The molecule has 0 spiro atoms. The van der Waals surface area contributed by atoms with Gasteiger partial charge in [0.05, 0.1) is 9.68 Å². The third-order valence-corrected chi connectivity index (χ3v) is 5.84. The van der Waals surface area contributed by atoms with Gasteiger partial charge in [-0.25, -0.2) is 0 Å². The van der Waals surface area contributed by atoms with Gasteiger partial charge in [-0.15, -0.1) is 0 Å². The largest absolute Gasteiger partial charge is 0.342 e. The van der Waals surface area contributed by atoms with Crippen molar-refractivity contribution in [2.75, 3.05) is 6.54 Å². The Hall–Kier alpha value is 0.177. The Kier molecular flexibility index (Phi) is 21.3. The van der Waals surface area contributed by atoms with E-state index >= 15 is 0 Å². The molecule has 0 aliphatic heterocycles. The highest BCUT2D eigenvalue weighted by atomic mass is 28.2. The van der Waals surface area contributed by atoms with Crippen molar-refractivity contribution < 1.29 is 0 Å². The van der Waals surface area contributed by atoms with Gasteiger partial charge in [-0.2, -0.15) is 0 Å². The molecule has 0 atom stereocenters. The molecule has 1 nitrogen and oxygen atoms in total. The van der Waals surface area contributed by atoms with Gasteiger partial charge in [-0.1, -0.05) is 116 Å². The molecule has 0 radical (unpaired) electrons. The molecule has 0 bridgehead atoms. The van der Waals surface area contributed by atoms with Crippen LogP contribution in [0.1, 0.15) is 117 Å². The Morgan fingerprint density at radius 2 is 0.864 bits per heavy atom. The standard InChI is InChI=1S/C20H45NSi/c1-3-5-6-7-8-9-10-11-12-13-14-15-16-17-18-19-20-21-22-4-2/h21H,3-20,22H2,1-2H3. The highest BCUT2D eigenvalue weighted by Crippen LogP contribution is 2.13. The van der Waals surface area contributed by atoms with Gasteiger partial charge in [0.25, 0.3) is 0 Å². The van der Waals surface area contributed by atoms with Gasteiger partial charge in [0.2, 0.25) is 0 Å². The minimum Gasteiger partial charge on any atom is -0.342 e. The van der Waals surface area contributed by atoms with E-state index in [0.717, 1.165) is 0 Å². The van der Waals surface area contributed by atoms with Gasteiger partial charge in [0.1, 0.15) is 0 Å². The predicted octanol–water partition coefficient (Wildman–Crippen LogP) is 6.36. The summed E-state index contributed by atoms with van der Waals surface area (Å²) in [6.07, 6.45) is 23.4. The second kappa shape index (κ2) is 21.2. The highest BCUT2D eigenvalue weighted by Gasteiger charge is 1.94. The lowest BCUT2D eigenvalue weighted by Crippen LogP contribution is -2.19. The summed E-state index contributed by atoms with van der Waals surface area (Å²) in [5, 5.41) is 0. The molecule has 0 aromatic heterocycles. The average molecular weight is 328 g/mol. The maximum absolute atomic E-state index is 3.62. The Morgan fingerprint density at radius 3 is 1.23 bits per heavy atom. The summed E-state index contributed by atoms with van der Waals surface area (Å²) in [6, 6.07) is 1.40. The maximum Gasteiger partial charge on any atom is 0.0913 e. The first-order valence-electron chi connectivity index (χ1n) is 10.6. The van der Waals surface area contributed by atoms with Gasteiger partial charge in [0.15, 0.2) is 0 Å². The Morgan fingerprint density at radius 1 is 0.500 bits per heavy atom. The van der Waals surface area contributed by atoms with Crippen LogP contribution in [-0.2, 0) is 0 Å². The molecule has 0 unspecified atom stereocenters. The molecule has 0 heterocycles. The quantitative estimate of drug-likeness (QED) is 0.215. The van der Waals surface area contributed by atoms with Crippen molar-refractivity contribution in [1.82, 2.24) is 4.98 Å². The summed E-state index contributed by atoms with van der Waals surface area (Å²) in [7, 11) is 0.106. The van der Waals surface area contributed by atoms with Gasteiger partial charge in [0, 0.05) is 0 Å². The number of nitrogens with one attached hydrogen (secondary N) is 1. The lowest BCUT2D eigenvalue weighted by Gasteiger charge is -2.04. The summed E-state index contributed by atoms with van der Waals surface area (Å²) in [6.45, 7) is 5.89. The van der Waals surface area contributed by atoms with Crippen molar-refractivity contribution in [2.24, 2.45) is 0 Å². The Balaban J connectivity index is 2.91. The molecule has 134 valence electrons. The van der Waals surface area contributed by atoms with E-state index in [2.05, 4.69) is 18.8 Å². The molecular formula is C20H45NSi. The van der Waals surface area contributed by atoms with Crippen molar-refractivity contribution in [3.63, 3.8) is 0 Å².